The average molecular weight is 300 g/mol. The monoisotopic (exact) mass is 298 g/mol. The molecule has 0 aromatic carbocycles. The highest BCUT2D eigenvalue weighted by Gasteiger charge is 2.47. The first-order chi connectivity index (χ1) is 5.55. The SMILES string of the molecule is CCC1OC(Br)(CBr)C(C)C1C. The lowest BCUT2D eigenvalue weighted by Crippen LogP contribution is -2.29. The van der Waals surface area contributed by atoms with E-state index in [1.54, 1.807) is 0 Å². The number of alkyl halides is 2. The van der Waals surface area contributed by atoms with Gasteiger partial charge in [-0.25, -0.2) is 0 Å². The van der Waals surface area contributed by atoms with E-state index < -0.39 is 0 Å². The molecule has 0 aromatic rings. The van der Waals surface area contributed by atoms with E-state index in [0.29, 0.717) is 17.9 Å². The average Bonchev–Trinajstić information content (AvgIpc) is 2.31. The number of rotatable bonds is 2. The van der Waals surface area contributed by atoms with E-state index in [0.717, 1.165) is 11.8 Å². The third-order valence-corrected chi connectivity index (χ3v) is 5.76. The highest BCUT2D eigenvalue weighted by molar-refractivity contribution is 9.12. The summed E-state index contributed by atoms with van der Waals surface area (Å²) in [5.41, 5.74) is 0. The van der Waals surface area contributed by atoms with Crippen LogP contribution in [0.3, 0.4) is 0 Å². The van der Waals surface area contributed by atoms with Gasteiger partial charge in [0.1, 0.15) is 4.51 Å². The lowest BCUT2D eigenvalue weighted by Gasteiger charge is -2.24. The number of halogens is 2. The van der Waals surface area contributed by atoms with Crippen molar-refractivity contribution in [3.8, 4) is 0 Å². The normalized spacial score (nSPS) is 48.2. The van der Waals surface area contributed by atoms with Crippen LogP contribution in [0.15, 0.2) is 0 Å². The molecule has 1 aliphatic heterocycles. The van der Waals surface area contributed by atoms with Gasteiger partial charge in [-0.15, -0.1) is 0 Å². The molecule has 0 aromatic heterocycles. The van der Waals surface area contributed by atoms with Gasteiger partial charge in [-0.3, -0.25) is 0 Å². The Morgan fingerprint density at radius 1 is 1.42 bits per heavy atom. The minimum absolute atomic E-state index is 0.132. The molecule has 1 saturated heterocycles. The number of hydrogen-bond acceptors (Lipinski definition) is 1. The van der Waals surface area contributed by atoms with Crippen LogP contribution in [0.4, 0.5) is 0 Å². The second kappa shape index (κ2) is 3.97. The summed E-state index contributed by atoms with van der Waals surface area (Å²) < 4.78 is 5.81. The Morgan fingerprint density at radius 2 is 2.00 bits per heavy atom. The second-order valence-corrected chi connectivity index (χ2v) is 5.54. The molecule has 0 saturated carbocycles. The molecule has 1 rings (SSSR count). The van der Waals surface area contributed by atoms with Crippen molar-refractivity contribution in [1.82, 2.24) is 0 Å². The van der Waals surface area contributed by atoms with Crippen LogP contribution in [0.2, 0.25) is 0 Å². The fraction of sp³-hybridized carbons (Fsp3) is 1.00. The molecular formula is C9H16Br2O. The van der Waals surface area contributed by atoms with Crippen LogP contribution in [0.25, 0.3) is 0 Å². The maximum absolute atomic E-state index is 5.94. The molecule has 0 bridgehead atoms. The van der Waals surface area contributed by atoms with Crippen molar-refractivity contribution >= 4 is 31.9 Å². The Kier molecular flexibility index (Phi) is 3.64. The van der Waals surface area contributed by atoms with Gasteiger partial charge < -0.3 is 4.74 Å². The van der Waals surface area contributed by atoms with E-state index in [4.69, 9.17) is 4.74 Å². The summed E-state index contributed by atoms with van der Waals surface area (Å²) in [7, 11) is 0. The first-order valence-corrected chi connectivity index (χ1v) is 6.39. The molecule has 0 spiro atoms. The fourth-order valence-corrected chi connectivity index (χ4v) is 3.09. The molecular weight excluding hydrogens is 284 g/mol. The van der Waals surface area contributed by atoms with E-state index in [-0.39, 0.29) is 4.51 Å². The molecule has 1 aliphatic rings. The minimum Gasteiger partial charge on any atom is -0.359 e. The van der Waals surface area contributed by atoms with E-state index in [2.05, 4.69) is 52.6 Å². The van der Waals surface area contributed by atoms with Crippen molar-refractivity contribution in [2.24, 2.45) is 11.8 Å². The van der Waals surface area contributed by atoms with Gasteiger partial charge in [0, 0.05) is 11.2 Å². The standard InChI is InChI=1S/C9H16Br2O/c1-4-8-6(2)7(3)9(11,5-10)12-8/h6-8H,4-5H2,1-3H3. The van der Waals surface area contributed by atoms with Crippen LogP contribution in [-0.4, -0.2) is 15.9 Å². The van der Waals surface area contributed by atoms with Crippen LogP contribution >= 0.6 is 31.9 Å². The van der Waals surface area contributed by atoms with Crippen LogP contribution in [0.5, 0.6) is 0 Å². The van der Waals surface area contributed by atoms with Gasteiger partial charge in [0.05, 0.1) is 6.10 Å². The lowest BCUT2D eigenvalue weighted by molar-refractivity contribution is 0.0253. The zero-order valence-electron chi connectivity index (χ0n) is 7.81. The summed E-state index contributed by atoms with van der Waals surface area (Å²) in [5.74, 6) is 1.22. The minimum atomic E-state index is -0.132. The van der Waals surface area contributed by atoms with Gasteiger partial charge in [0.25, 0.3) is 0 Å². The molecule has 1 nitrogen and oxygen atoms in total. The van der Waals surface area contributed by atoms with Crippen molar-refractivity contribution in [3.05, 3.63) is 0 Å². The van der Waals surface area contributed by atoms with Crippen molar-refractivity contribution in [1.29, 1.82) is 0 Å². The number of hydrogen-bond donors (Lipinski definition) is 0. The van der Waals surface area contributed by atoms with E-state index in [1.165, 1.54) is 0 Å². The smallest absolute Gasteiger partial charge is 0.135 e. The summed E-state index contributed by atoms with van der Waals surface area (Å²) in [6.45, 7) is 6.70. The van der Waals surface area contributed by atoms with E-state index >= 15 is 0 Å². The predicted octanol–water partition coefficient (Wildman–Crippen LogP) is 3.55. The summed E-state index contributed by atoms with van der Waals surface area (Å²) in [6.07, 6.45) is 1.52. The van der Waals surface area contributed by atoms with Crippen molar-refractivity contribution < 1.29 is 4.74 Å². The van der Waals surface area contributed by atoms with Gasteiger partial charge in [-0.1, -0.05) is 52.6 Å². The molecule has 4 unspecified atom stereocenters. The Balaban J connectivity index is 2.72. The van der Waals surface area contributed by atoms with Gasteiger partial charge in [-0.05, 0) is 12.3 Å². The van der Waals surface area contributed by atoms with Crippen molar-refractivity contribution in [2.45, 2.75) is 37.8 Å². The zero-order valence-corrected chi connectivity index (χ0v) is 11.0. The van der Waals surface area contributed by atoms with E-state index in [1.807, 2.05) is 0 Å². The summed E-state index contributed by atoms with van der Waals surface area (Å²) in [5, 5.41) is 0.863. The lowest BCUT2D eigenvalue weighted by atomic mass is 9.90. The van der Waals surface area contributed by atoms with Gasteiger partial charge in [0.2, 0.25) is 0 Å². The molecule has 0 amide bonds. The molecule has 4 atom stereocenters. The maximum Gasteiger partial charge on any atom is 0.135 e. The van der Waals surface area contributed by atoms with E-state index in [9.17, 15) is 0 Å². The molecule has 72 valence electrons. The van der Waals surface area contributed by atoms with Crippen LogP contribution < -0.4 is 0 Å². The quantitative estimate of drug-likeness (QED) is 0.709. The fourth-order valence-electron chi connectivity index (χ4n) is 1.79. The molecule has 12 heavy (non-hydrogen) atoms. The molecule has 0 aliphatic carbocycles. The van der Waals surface area contributed by atoms with Gasteiger partial charge in [0.15, 0.2) is 0 Å². The first-order valence-electron chi connectivity index (χ1n) is 4.48. The van der Waals surface area contributed by atoms with Crippen LogP contribution in [0.1, 0.15) is 27.2 Å². The summed E-state index contributed by atoms with van der Waals surface area (Å²) in [6, 6.07) is 0. The third-order valence-electron chi connectivity index (χ3n) is 2.99. The Labute approximate surface area is 91.5 Å². The highest BCUT2D eigenvalue weighted by atomic mass is 79.9. The summed E-state index contributed by atoms with van der Waals surface area (Å²) in [4.78, 5) is 0. The Morgan fingerprint density at radius 3 is 2.25 bits per heavy atom. The number of ether oxygens (including phenoxy) is 1. The van der Waals surface area contributed by atoms with Crippen molar-refractivity contribution in [3.63, 3.8) is 0 Å². The predicted molar refractivity (Wildman–Crippen MR) is 58.9 cm³/mol. The largest absolute Gasteiger partial charge is 0.359 e. The first kappa shape index (κ1) is 11.0. The summed E-state index contributed by atoms with van der Waals surface area (Å²) >= 11 is 7.15. The van der Waals surface area contributed by atoms with Crippen molar-refractivity contribution in [2.75, 3.05) is 5.33 Å². The van der Waals surface area contributed by atoms with Gasteiger partial charge >= 0.3 is 0 Å². The zero-order chi connectivity index (χ0) is 9.35. The molecule has 3 heteroatoms. The van der Waals surface area contributed by atoms with Crippen LogP contribution in [-0.2, 0) is 4.74 Å². The molecule has 0 radical (unpaired) electrons. The maximum atomic E-state index is 5.94. The topological polar surface area (TPSA) is 9.23 Å². The highest BCUT2D eigenvalue weighted by Crippen LogP contribution is 2.46. The van der Waals surface area contributed by atoms with Gasteiger partial charge in [-0.2, -0.15) is 0 Å². The molecule has 0 N–H and O–H groups in total. The third kappa shape index (κ3) is 1.73. The molecule has 1 fully saturated rings. The second-order valence-electron chi connectivity index (χ2n) is 3.63. The molecule has 1 heterocycles. The Bertz CT molecular complexity index is 163. The Hall–Kier alpha value is 0.920. The van der Waals surface area contributed by atoms with Crippen LogP contribution in [0, 0.1) is 11.8 Å².